The normalized spacial score (nSPS) is 28.9. The lowest BCUT2D eigenvalue weighted by Gasteiger charge is -2.17. The molecule has 1 saturated carbocycles. The summed E-state index contributed by atoms with van der Waals surface area (Å²) in [5, 5.41) is 4.57. The second kappa shape index (κ2) is 5.43. The van der Waals surface area contributed by atoms with Crippen LogP contribution in [0, 0.1) is 11.8 Å². The third-order valence-electron chi connectivity index (χ3n) is 4.09. The van der Waals surface area contributed by atoms with E-state index in [-0.39, 0.29) is 0 Å². The Kier molecular flexibility index (Phi) is 4.35. The summed E-state index contributed by atoms with van der Waals surface area (Å²) in [4.78, 5) is 0.699. The molecule has 1 aromatic heterocycles. The molecule has 4 heteroatoms. The first-order valence-corrected chi connectivity index (χ1v) is 8.09. The third-order valence-corrected chi connectivity index (χ3v) is 6.29. The maximum Gasteiger partial charge on any atom is 0.0766 e. The molecular formula is C13H20Br2N2. The molecule has 17 heavy (non-hydrogen) atoms. The Labute approximate surface area is 120 Å². The third kappa shape index (κ3) is 2.62. The van der Waals surface area contributed by atoms with Crippen molar-refractivity contribution in [3.8, 4) is 0 Å². The van der Waals surface area contributed by atoms with Crippen LogP contribution in [-0.2, 0) is 19.9 Å². The molecule has 2 rings (SSSR count). The van der Waals surface area contributed by atoms with E-state index in [1.54, 1.807) is 0 Å². The first-order chi connectivity index (χ1) is 8.04. The zero-order valence-corrected chi connectivity index (χ0v) is 13.9. The van der Waals surface area contributed by atoms with Crippen molar-refractivity contribution < 1.29 is 0 Å². The topological polar surface area (TPSA) is 17.8 Å². The van der Waals surface area contributed by atoms with Crippen LogP contribution in [-0.4, -0.2) is 14.6 Å². The number of hydrogen-bond donors (Lipinski definition) is 0. The minimum atomic E-state index is 0.699. The minimum absolute atomic E-state index is 0.699. The van der Waals surface area contributed by atoms with E-state index >= 15 is 0 Å². The molecule has 0 amide bonds. The van der Waals surface area contributed by atoms with Crippen LogP contribution in [0.25, 0.3) is 0 Å². The lowest BCUT2D eigenvalue weighted by molar-refractivity contribution is 0.412. The van der Waals surface area contributed by atoms with Crippen LogP contribution < -0.4 is 0 Å². The molecule has 0 N–H and O–H groups in total. The molecular weight excluding hydrogens is 344 g/mol. The SMILES string of the molecule is CCc1nn(C)c(CC2CCC(Br)C2C)c1Br. The molecule has 1 heterocycles. The van der Waals surface area contributed by atoms with Gasteiger partial charge >= 0.3 is 0 Å². The average molecular weight is 364 g/mol. The van der Waals surface area contributed by atoms with Crippen LogP contribution >= 0.6 is 31.9 Å². The molecule has 3 atom stereocenters. The number of halogens is 2. The Balaban J connectivity index is 2.16. The average Bonchev–Trinajstić information content (AvgIpc) is 2.76. The van der Waals surface area contributed by atoms with Crippen molar-refractivity contribution in [2.75, 3.05) is 0 Å². The highest BCUT2D eigenvalue weighted by molar-refractivity contribution is 9.10. The molecule has 2 nitrogen and oxygen atoms in total. The van der Waals surface area contributed by atoms with Crippen molar-refractivity contribution in [1.29, 1.82) is 0 Å². The van der Waals surface area contributed by atoms with Crippen LogP contribution in [0.2, 0.25) is 0 Å². The monoisotopic (exact) mass is 362 g/mol. The van der Waals surface area contributed by atoms with Gasteiger partial charge in [-0.2, -0.15) is 5.10 Å². The summed E-state index contributed by atoms with van der Waals surface area (Å²) in [6.07, 6.45) is 4.78. The summed E-state index contributed by atoms with van der Waals surface area (Å²) in [6.45, 7) is 4.52. The van der Waals surface area contributed by atoms with Gasteiger partial charge in [0.2, 0.25) is 0 Å². The Bertz CT molecular complexity index is 400. The molecule has 1 aliphatic carbocycles. The van der Waals surface area contributed by atoms with E-state index in [9.17, 15) is 0 Å². The first kappa shape index (κ1) is 13.6. The van der Waals surface area contributed by atoms with Crippen LogP contribution in [0.3, 0.4) is 0 Å². The van der Waals surface area contributed by atoms with Gasteiger partial charge in [-0.25, -0.2) is 0 Å². The Morgan fingerprint density at radius 2 is 2.12 bits per heavy atom. The van der Waals surface area contributed by atoms with Gasteiger partial charge in [0.1, 0.15) is 0 Å². The first-order valence-electron chi connectivity index (χ1n) is 6.38. The summed E-state index contributed by atoms with van der Waals surface area (Å²) < 4.78 is 3.28. The summed E-state index contributed by atoms with van der Waals surface area (Å²) in [6, 6.07) is 0. The van der Waals surface area contributed by atoms with E-state index < -0.39 is 0 Å². The highest BCUT2D eigenvalue weighted by atomic mass is 79.9. The van der Waals surface area contributed by atoms with Crippen LogP contribution in [0.5, 0.6) is 0 Å². The predicted molar refractivity (Wildman–Crippen MR) is 78.6 cm³/mol. The summed E-state index contributed by atoms with van der Waals surface area (Å²) in [5.74, 6) is 1.55. The molecule has 96 valence electrons. The van der Waals surface area contributed by atoms with Crippen molar-refractivity contribution in [1.82, 2.24) is 9.78 Å². The number of aromatic nitrogens is 2. The van der Waals surface area contributed by atoms with Crippen LogP contribution in [0.4, 0.5) is 0 Å². The van der Waals surface area contributed by atoms with Gasteiger partial charge in [-0.3, -0.25) is 4.68 Å². The smallest absolute Gasteiger partial charge is 0.0766 e. The summed E-state index contributed by atoms with van der Waals surface area (Å²) in [5.41, 5.74) is 2.55. The van der Waals surface area contributed by atoms with E-state index in [0.29, 0.717) is 4.83 Å². The van der Waals surface area contributed by atoms with Crippen molar-refractivity contribution in [3.05, 3.63) is 15.9 Å². The molecule has 0 aromatic carbocycles. The second-order valence-corrected chi connectivity index (χ2v) is 7.07. The van der Waals surface area contributed by atoms with Gasteiger partial charge in [0.25, 0.3) is 0 Å². The fourth-order valence-electron chi connectivity index (χ4n) is 2.77. The van der Waals surface area contributed by atoms with Gasteiger partial charge in [0.05, 0.1) is 15.9 Å². The summed E-state index contributed by atoms with van der Waals surface area (Å²) >= 11 is 7.49. The Morgan fingerprint density at radius 1 is 1.41 bits per heavy atom. The number of alkyl halides is 1. The largest absolute Gasteiger partial charge is 0.271 e. The zero-order valence-electron chi connectivity index (χ0n) is 10.7. The lowest BCUT2D eigenvalue weighted by Crippen LogP contribution is -2.15. The maximum absolute atomic E-state index is 4.57. The second-order valence-electron chi connectivity index (χ2n) is 5.10. The minimum Gasteiger partial charge on any atom is -0.271 e. The van der Waals surface area contributed by atoms with Crippen molar-refractivity contribution >= 4 is 31.9 Å². The molecule has 0 saturated heterocycles. The molecule has 0 bridgehead atoms. The molecule has 1 aromatic rings. The van der Waals surface area contributed by atoms with Crippen molar-refractivity contribution in [2.45, 2.75) is 44.4 Å². The standard InChI is InChI=1S/C13H20Br2N2/c1-4-11-13(15)12(17(3)16-11)7-9-5-6-10(14)8(9)2/h8-10H,4-7H2,1-3H3. The summed E-state index contributed by atoms with van der Waals surface area (Å²) in [7, 11) is 2.06. The van der Waals surface area contributed by atoms with E-state index in [4.69, 9.17) is 0 Å². The maximum atomic E-state index is 4.57. The highest BCUT2D eigenvalue weighted by Crippen LogP contribution is 2.39. The fraction of sp³-hybridized carbons (Fsp3) is 0.769. The van der Waals surface area contributed by atoms with Gasteiger partial charge < -0.3 is 0 Å². The number of rotatable bonds is 3. The fourth-order valence-corrected chi connectivity index (χ4v) is 4.25. The molecule has 0 radical (unpaired) electrons. The molecule has 1 fully saturated rings. The van der Waals surface area contributed by atoms with E-state index in [1.165, 1.54) is 28.7 Å². The molecule has 3 unspecified atom stereocenters. The van der Waals surface area contributed by atoms with Crippen LogP contribution in [0.1, 0.15) is 38.1 Å². The van der Waals surface area contributed by atoms with Gasteiger partial charge in [-0.15, -0.1) is 0 Å². The van der Waals surface area contributed by atoms with E-state index in [2.05, 4.69) is 62.5 Å². The van der Waals surface area contributed by atoms with Crippen molar-refractivity contribution in [2.24, 2.45) is 18.9 Å². The van der Waals surface area contributed by atoms with Gasteiger partial charge in [0, 0.05) is 11.9 Å². The van der Waals surface area contributed by atoms with Gasteiger partial charge in [-0.05, 0) is 53.4 Å². The van der Waals surface area contributed by atoms with Crippen LogP contribution in [0.15, 0.2) is 4.47 Å². The number of aryl methyl sites for hydroxylation is 2. The van der Waals surface area contributed by atoms with Gasteiger partial charge in [-0.1, -0.05) is 29.8 Å². The number of nitrogens with zero attached hydrogens (tertiary/aromatic N) is 2. The number of hydrogen-bond acceptors (Lipinski definition) is 1. The lowest BCUT2D eigenvalue weighted by atomic mass is 9.93. The molecule has 1 aliphatic rings. The Hall–Kier alpha value is 0.170. The van der Waals surface area contributed by atoms with E-state index in [1.807, 2.05) is 0 Å². The quantitative estimate of drug-likeness (QED) is 0.739. The van der Waals surface area contributed by atoms with Crippen molar-refractivity contribution in [3.63, 3.8) is 0 Å². The van der Waals surface area contributed by atoms with E-state index in [0.717, 1.165) is 24.7 Å². The Morgan fingerprint density at radius 3 is 2.59 bits per heavy atom. The molecule has 0 spiro atoms. The molecule has 0 aliphatic heterocycles. The zero-order chi connectivity index (χ0) is 12.6. The van der Waals surface area contributed by atoms with Gasteiger partial charge in [0.15, 0.2) is 0 Å². The predicted octanol–water partition coefficient (Wildman–Crippen LogP) is 4.10. The highest BCUT2D eigenvalue weighted by Gasteiger charge is 2.32.